The SMILES string of the molecule is CCC(CC)(CN)C(=O)N1CCCCCC1C(=O)O. The molecule has 1 atom stereocenters. The summed E-state index contributed by atoms with van der Waals surface area (Å²) in [5, 5.41) is 9.34. The maximum atomic E-state index is 12.8. The molecule has 1 unspecified atom stereocenters. The molecule has 1 rings (SSSR count). The molecule has 0 radical (unpaired) electrons. The molecule has 0 aromatic rings. The molecule has 1 aliphatic heterocycles. The van der Waals surface area contributed by atoms with Crippen LogP contribution in [0.2, 0.25) is 0 Å². The largest absolute Gasteiger partial charge is 0.480 e. The van der Waals surface area contributed by atoms with Gasteiger partial charge in [-0.3, -0.25) is 4.79 Å². The first-order chi connectivity index (χ1) is 9.02. The highest BCUT2D eigenvalue weighted by Crippen LogP contribution is 2.30. The second-order valence-electron chi connectivity index (χ2n) is 5.39. The Bertz CT molecular complexity index is 318. The maximum absolute atomic E-state index is 12.8. The summed E-state index contributed by atoms with van der Waals surface area (Å²) in [5.41, 5.74) is 5.20. The van der Waals surface area contributed by atoms with E-state index in [1.54, 1.807) is 4.90 Å². The van der Waals surface area contributed by atoms with E-state index in [2.05, 4.69) is 0 Å². The number of hydrogen-bond acceptors (Lipinski definition) is 3. The Morgan fingerprint density at radius 2 is 1.89 bits per heavy atom. The van der Waals surface area contributed by atoms with Gasteiger partial charge in [0.05, 0.1) is 5.41 Å². The predicted molar refractivity (Wildman–Crippen MR) is 73.7 cm³/mol. The van der Waals surface area contributed by atoms with Gasteiger partial charge in [-0.25, -0.2) is 4.79 Å². The number of carbonyl (C=O) groups is 2. The Hall–Kier alpha value is -1.10. The van der Waals surface area contributed by atoms with Crippen molar-refractivity contribution in [2.24, 2.45) is 11.1 Å². The molecule has 5 nitrogen and oxygen atoms in total. The highest BCUT2D eigenvalue weighted by Gasteiger charge is 2.41. The Morgan fingerprint density at radius 3 is 2.37 bits per heavy atom. The van der Waals surface area contributed by atoms with E-state index in [9.17, 15) is 14.7 Å². The molecule has 1 aliphatic rings. The Morgan fingerprint density at radius 1 is 1.26 bits per heavy atom. The summed E-state index contributed by atoms with van der Waals surface area (Å²) in [5.74, 6) is -0.970. The van der Waals surface area contributed by atoms with Crippen LogP contribution in [-0.2, 0) is 9.59 Å². The van der Waals surface area contributed by atoms with Crippen molar-refractivity contribution in [1.82, 2.24) is 4.90 Å². The van der Waals surface area contributed by atoms with E-state index in [-0.39, 0.29) is 12.5 Å². The third-order valence-electron chi connectivity index (χ3n) is 4.50. The topological polar surface area (TPSA) is 83.6 Å². The third-order valence-corrected chi connectivity index (χ3v) is 4.50. The van der Waals surface area contributed by atoms with E-state index < -0.39 is 17.4 Å². The van der Waals surface area contributed by atoms with Gasteiger partial charge in [0.2, 0.25) is 5.91 Å². The van der Waals surface area contributed by atoms with Gasteiger partial charge in [-0.2, -0.15) is 0 Å². The fourth-order valence-electron chi connectivity index (χ4n) is 2.84. The number of nitrogens with zero attached hydrogens (tertiary/aromatic N) is 1. The summed E-state index contributed by atoms with van der Waals surface area (Å²) in [6.45, 7) is 4.71. The molecule has 3 N–H and O–H groups in total. The molecule has 0 bridgehead atoms. The van der Waals surface area contributed by atoms with Gasteiger partial charge < -0.3 is 15.7 Å². The molecule has 0 aliphatic carbocycles. The van der Waals surface area contributed by atoms with E-state index in [4.69, 9.17) is 5.73 Å². The van der Waals surface area contributed by atoms with Gasteiger partial charge in [0, 0.05) is 13.1 Å². The van der Waals surface area contributed by atoms with Crippen LogP contribution in [0.4, 0.5) is 0 Å². The van der Waals surface area contributed by atoms with Crippen molar-refractivity contribution in [1.29, 1.82) is 0 Å². The van der Waals surface area contributed by atoms with Gasteiger partial charge in [0.25, 0.3) is 0 Å². The lowest BCUT2D eigenvalue weighted by molar-refractivity contribution is -0.155. The average Bonchev–Trinajstić information content (AvgIpc) is 2.66. The fraction of sp³-hybridized carbons (Fsp3) is 0.857. The van der Waals surface area contributed by atoms with Gasteiger partial charge in [-0.15, -0.1) is 0 Å². The lowest BCUT2D eigenvalue weighted by atomic mass is 9.80. The summed E-state index contributed by atoms with van der Waals surface area (Å²) < 4.78 is 0. The number of likely N-dealkylation sites (tertiary alicyclic amines) is 1. The van der Waals surface area contributed by atoms with Crippen LogP contribution in [0.25, 0.3) is 0 Å². The molecule has 0 saturated carbocycles. The van der Waals surface area contributed by atoms with Crippen molar-refractivity contribution in [2.45, 2.75) is 58.4 Å². The number of rotatable bonds is 5. The van der Waals surface area contributed by atoms with Crippen molar-refractivity contribution < 1.29 is 14.7 Å². The van der Waals surface area contributed by atoms with Crippen molar-refractivity contribution in [3.05, 3.63) is 0 Å². The van der Waals surface area contributed by atoms with Crippen molar-refractivity contribution >= 4 is 11.9 Å². The zero-order valence-corrected chi connectivity index (χ0v) is 12.0. The van der Waals surface area contributed by atoms with Crippen LogP contribution < -0.4 is 5.73 Å². The van der Waals surface area contributed by atoms with Crippen LogP contribution in [0, 0.1) is 5.41 Å². The molecule has 0 spiro atoms. The molecular formula is C14H26N2O3. The molecule has 1 amide bonds. The summed E-state index contributed by atoms with van der Waals surface area (Å²) in [4.78, 5) is 25.7. The zero-order valence-electron chi connectivity index (χ0n) is 12.0. The van der Waals surface area contributed by atoms with Gasteiger partial charge in [-0.1, -0.05) is 26.7 Å². The number of nitrogens with two attached hydrogens (primary N) is 1. The van der Waals surface area contributed by atoms with Crippen LogP contribution in [0.15, 0.2) is 0 Å². The summed E-state index contributed by atoms with van der Waals surface area (Å²) in [7, 11) is 0. The number of carbonyl (C=O) groups excluding carboxylic acids is 1. The van der Waals surface area contributed by atoms with Crippen LogP contribution in [0.3, 0.4) is 0 Å². The molecule has 110 valence electrons. The number of hydrogen-bond donors (Lipinski definition) is 2. The molecule has 1 heterocycles. The molecule has 1 fully saturated rings. The van der Waals surface area contributed by atoms with Crippen molar-refractivity contribution in [2.75, 3.05) is 13.1 Å². The van der Waals surface area contributed by atoms with Gasteiger partial charge >= 0.3 is 5.97 Å². The number of carboxylic acids is 1. The van der Waals surface area contributed by atoms with Crippen LogP contribution in [-0.4, -0.2) is 41.0 Å². The fourth-order valence-corrected chi connectivity index (χ4v) is 2.84. The van der Waals surface area contributed by atoms with Gasteiger partial charge in [0.15, 0.2) is 0 Å². The second-order valence-corrected chi connectivity index (χ2v) is 5.39. The first-order valence-corrected chi connectivity index (χ1v) is 7.26. The summed E-state index contributed by atoms with van der Waals surface area (Å²) >= 11 is 0. The van der Waals surface area contributed by atoms with Crippen LogP contribution >= 0.6 is 0 Å². The summed E-state index contributed by atoms with van der Waals surface area (Å²) in [6, 6.07) is -0.681. The standard InChI is InChI=1S/C14H26N2O3/c1-3-14(4-2,10-15)13(19)16-9-7-5-6-8-11(16)12(17)18/h11H,3-10,15H2,1-2H3,(H,17,18). The predicted octanol–water partition coefficient (Wildman–Crippen LogP) is 1.61. The molecular weight excluding hydrogens is 244 g/mol. The monoisotopic (exact) mass is 270 g/mol. The Balaban J connectivity index is 3.01. The maximum Gasteiger partial charge on any atom is 0.326 e. The lowest BCUT2D eigenvalue weighted by Gasteiger charge is -2.37. The van der Waals surface area contributed by atoms with E-state index >= 15 is 0 Å². The molecule has 19 heavy (non-hydrogen) atoms. The van der Waals surface area contributed by atoms with E-state index in [0.29, 0.717) is 25.8 Å². The third kappa shape index (κ3) is 3.26. The summed E-state index contributed by atoms with van der Waals surface area (Å²) in [6.07, 6.45) is 4.60. The zero-order chi connectivity index (χ0) is 14.5. The average molecular weight is 270 g/mol. The second kappa shape index (κ2) is 6.89. The number of carboxylic acid groups (broad SMARTS) is 1. The van der Waals surface area contributed by atoms with Crippen LogP contribution in [0.1, 0.15) is 52.4 Å². The smallest absolute Gasteiger partial charge is 0.326 e. The first kappa shape index (κ1) is 16.0. The van der Waals surface area contributed by atoms with E-state index in [1.807, 2.05) is 13.8 Å². The number of aliphatic carboxylic acids is 1. The molecule has 0 aromatic heterocycles. The normalized spacial score (nSPS) is 21.0. The Labute approximate surface area is 115 Å². The van der Waals surface area contributed by atoms with Crippen molar-refractivity contribution in [3.63, 3.8) is 0 Å². The van der Waals surface area contributed by atoms with Gasteiger partial charge in [-0.05, 0) is 25.7 Å². The quantitative estimate of drug-likeness (QED) is 0.795. The minimum atomic E-state index is -0.895. The van der Waals surface area contributed by atoms with Crippen LogP contribution in [0.5, 0.6) is 0 Å². The van der Waals surface area contributed by atoms with Crippen molar-refractivity contribution in [3.8, 4) is 0 Å². The minimum Gasteiger partial charge on any atom is -0.480 e. The minimum absolute atomic E-state index is 0.0747. The highest BCUT2D eigenvalue weighted by molar-refractivity contribution is 5.87. The van der Waals surface area contributed by atoms with Gasteiger partial charge in [0.1, 0.15) is 6.04 Å². The highest BCUT2D eigenvalue weighted by atomic mass is 16.4. The number of amides is 1. The van der Waals surface area contributed by atoms with E-state index in [0.717, 1.165) is 19.3 Å². The Kier molecular flexibility index (Phi) is 5.79. The van der Waals surface area contributed by atoms with E-state index in [1.165, 1.54) is 0 Å². The first-order valence-electron chi connectivity index (χ1n) is 7.26. The lowest BCUT2D eigenvalue weighted by Crippen LogP contribution is -2.53. The molecule has 1 saturated heterocycles. The molecule has 5 heteroatoms. The molecule has 0 aromatic carbocycles.